The molecule has 1 aromatic rings. The van der Waals surface area contributed by atoms with Crippen LogP contribution in [-0.4, -0.2) is 25.4 Å². The smallest absolute Gasteiger partial charge is 0.338 e. The number of hydrogen-bond donors (Lipinski definition) is 1. The second kappa shape index (κ2) is 6.42. The highest BCUT2D eigenvalue weighted by Crippen LogP contribution is 2.35. The van der Waals surface area contributed by atoms with Crippen LogP contribution in [0.2, 0.25) is 0 Å². The monoisotopic (exact) mass is 273 g/mol. The van der Waals surface area contributed by atoms with E-state index in [9.17, 15) is 4.79 Å². The van der Waals surface area contributed by atoms with E-state index in [0.29, 0.717) is 5.56 Å². The number of esters is 1. The molecular formula is C15H20BNO3. The predicted molar refractivity (Wildman–Crippen MR) is 77.0 cm³/mol. The molecule has 0 spiro atoms. The summed E-state index contributed by atoms with van der Waals surface area (Å²) in [5.41, 5.74) is -0.439. The summed E-state index contributed by atoms with van der Waals surface area (Å²) >= 11 is 0. The second-order valence-electron chi connectivity index (χ2n) is 5.50. The molecule has 20 heavy (non-hydrogen) atoms. The Kier molecular flexibility index (Phi) is 4.84. The normalized spacial score (nSPS) is 25.7. The Balaban J connectivity index is 2.08. The molecule has 0 aromatic heterocycles. The number of nitrogens with two attached hydrogens (primary N) is 1. The van der Waals surface area contributed by atoms with Crippen LogP contribution in [0.15, 0.2) is 30.3 Å². The van der Waals surface area contributed by atoms with Crippen LogP contribution in [0.1, 0.15) is 43.0 Å². The molecule has 1 aliphatic rings. The van der Waals surface area contributed by atoms with E-state index in [1.807, 2.05) is 18.2 Å². The molecule has 4 nitrogen and oxygen atoms in total. The third-order valence-electron chi connectivity index (χ3n) is 3.96. The Morgan fingerprint density at radius 2 is 1.95 bits per heavy atom. The van der Waals surface area contributed by atoms with Crippen molar-refractivity contribution in [1.29, 1.82) is 0 Å². The largest absolute Gasteiger partial charge is 0.458 e. The summed E-state index contributed by atoms with van der Waals surface area (Å²) < 4.78 is 5.62. The van der Waals surface area contributed by atoms with Gasteiger partial charge in [0.05, 0.1) is 11.1 Å². The van der Waals surface area contributed by atoms with E-state index < -0.39 is 5.50 Å². The van der Waals surface area contributed by atoms with E-state index in [-0.39, 0.29) is 18.0 Å². The molecule has 3 atom stereocenters. The number of benzene rings is 1. The highest BCUT2D eigenvalue weighted by molar-refractivity contribution is 6.14. The number of hydrogen-bond acceptors (Lipinski definition) is 4. The number of carbonyl (C=O) groups is 1. The van der Waals surface area contributed by atoms with Crippen molar-refractivity contribution in [3.8, 4) is 0 Å². The molecule has 0 heterocycles. The Labute approximate surface area is 121 Å². The minimum atomic E-state index is -0.984. The predicted octanol–water partition coefficient (Wildman–Crippen LogP) is 2.18. The van der Waals surface area contributed by atoms with Gasteiger partial charge in [-0.3, -0.25) is 0 Å². The summed E-state index contributed by atoms with van der Waals surface area (Å²) in [6.45, 7) is 1.73. The third-order valence-corrected chi connectivity index (χ3v) is 3.96. The lowest BCUT2D eigenvalue weighted by Crippen LogP contribution is -2.49. The Morgan fingerprint density at radius 3 is 2.60 bits per heavy atom. The van der Waals surface area contributed by atoms with E-state index in [1.165, 1.54) is 0 Å². The maximum absolute atomic E-state index is 12.1. The first-order chi connectivity index (χ1) is 9.54. The fourth-order valence-electron chi connectivity index (χ4n) is 2.76. The van der Waals surface area contributed by atoms with Gasteiger partial charge in [0.15, 0.2) is 0 Å². The molecule has 0 aliphatic heterocycles. The molecule has 2 radical (unpaired) electrons. The average molecular weight is 273 g/mol. The molecule has 0 bridgehead atoms. The Morgan fingerprint density at radius 1 is 1.30 bits per heavy atom. The topological polar surface area (TPSA) is 61.6 Å². The van der Waals surface area contributed by atoms with Crippen LogP contribution in [0, 0.1) is 5.92 Å². The molecule has 0 saturated heterocycles. The number of rotatable bonds is 4. The zero-order valence-corrected chi connectivity index (χ0v) is 11.7. The van der Waals surface area contributed by atoms with Gasteiger partial charge in [0.25, 0.3) is 0 Å². The first kappa shape index (κ1) is 15.1. The molecule has 2 N–H and O–H groups in total. The van der Waals surface area contributed by atoms with Crippen molar-refractivity contribution in [2.45, 2.75) is 44.2 Å². The second-order valence-corrected chi connectivity index (χ2v) is 5.50. The Bertz CT molecular complexity index is 450. The highest BCUT2D eigenvalue weighted by Gasteiger charge is 2.39. The quantitative estimate of drug-likeness (QED) is 0.519. The Hall–Kier alpha value is -1.33. The van der Waals surface area contributed by atoms with E-state index in [0.717, 1.165) is 25.7 Å². The zero-order chi connectivity index (χ0) is 14.6. The zero-order valence-electron chi connectivity index (χ0n) is 11.7. The van der Waals surface area contributed by atoms with Crippen LogP contribution in [0.25, 0.3) is 0 Å². The van der Waals surface area contributed by atoms with Crippen molar-refractivity contribution in [2.24, 2.45) is 11.8 Å². The SMILES string of the molecule is [B]C(C)(ON)C1CCCCC1OC(=O)c1ccccc1. The van der Waals surface area contributed by atoms with Crippen LogP contribution in [0.5, 0.6) is 0 Å². The maximum Gasteiger partial charge on any atom is 0.338 e. The van der Waals surface area contributed by atoms with Crippen molar-refractivity contribution < 1.29 is 14.4 Å². The van der Waals surface area contributed by atoms with Crippen molar-refractivity contribution in [3.05, 3.63) is 35.9 Å². The summed E-state index contributed by atoms with van der Waals surface area (Å²) in [5.74, 6) is 4.86. The third kappa shape index (κ3) is 3.41. The standard InChI is InChI=1S/C15H20BNO3/c1-15(16,20-17)12-9-5-6-10-13(12)19-14(18)11-7-3-2-4-8-11/h2-4,7-8,12-13H,5-6,9-10,17H2,1H3. The molecule has 106 valence electrons. The minimum absolute atomic E-state index is 0.0890. The number of carbonyl (C=O) groups excluding carboxylic acids is 1. The van der Waals surface area contributed by atoms with Crippen molar-refractivity contribution in [2.75, 3.05) is 0 Å². The molecule has 0 amide bonds. The highest BCUT2D eigenvalue weighted by atomic mass is 16.6. The summed E-state index contributed by atoms with van der Waals surface area (Å²) in [5, 5.41) is 0. The summed E-state index contributed by atoms with van der Waals surface area (Å²) in [7, 11) is 6.06. The summed E-state index contributed by atoms with van der Waals surface area (Å²) in [6.07, 6.45) is 3.44. The molecule has 5 heteroatoms. The van der Waals surface area contributed by atoms with Gasteiger partial charge < -0.3 is 9.57 Å². The van der Waals surface area contributed by atoms with Crippen molar-refractivity contribution in [3.63, 3.8) is 0 Å². The molecule has 2 rings (SSSR count). The van der Waals surface area contributed by atoms with Crippen LogP contribution in [0.3, 0.4) is 0 Å². The molecular weight excluding hydrogens is 253 g/mol. The fourth-order valence-corrected chi connectivity index (χ4v) is 2.76. The van der Waals surface area contributed by atoms with Gasteiger partial charge in [-0.1, -0.05) is 24.6 Å². The van der Waals surface area contributed by atoms with Crippen LogP contribution in [-0.2, 0) is 9.57 Å². The lowest BCUT2D eigenvalue weighted by Gasteiger charge is -2.40. The number of ether oxygens (including phenoxy) is 1. The van der Waals surface area contributed by atoms with E-state index in [2.05, 4.69) is 0 Å². The fraction of sp³-hybridized carbons (Fsp3) is 0.533. The van der Waals surface area contributed by atoms with Gasteiger partial charge >= 0.3 is 5.97 Å². The van der Waals surface area contributed by atoms with Gasteiger partial charge in [0, 0.05) is 5.92 Å². The maximum atomic E-state index is 12.1. The van der Waals surface area contributed by atoms with Crippen molar-refractivity contribution >= 4 is 13.8 Å². The van der Waals surface area contributed by atoms with Crippen LogP contribution >= 0.6 is 0 Å². The molecule has 3 unspecified atom stereocenters. The van der Waals surface area contributed by atoms with E-state index in [1.54, 1.807) is 19.1 Å². The van der Waals surface area contributed by atoms with Gasteiger partial charge in [-0.05, 0) is 38.3 Å². The van der Waals surface area contributed by atoms with Crippen LogP contribution in [0.4, 0.5) is 0 Å². The first-order valence-corrected chi connectivity index (χ1v) is 6.97. The average Bonchev–Trinajstić information content (AvgIpc) is 2.48. The van der Waals surface area contributed by atoms with E-state index >= 15 is 0 Å². The first-order valence-electron chi connectivity index (χ1n) is 6.97. The van der Waals surface area contributed by atoms with Gasteiger partial charge in [0.1, 0.15) is 14.0 Å². The van der Waals surface area contributed by atoms with Crippen LogP contribution < -0.4 is 5.90 Å². The van der Waals surface area contributed by atoms with E-state index in [4.69, 9.17) is 23.3 Å². The molecule has 1 fully saturated rings. The summed E-state index contributed by atoms with van der Waals surface area (Å²) in [4.78, 5) is 17.0. The minimum Gasteiger partial charge on any atom is -0.458 e. The molecule has 1 aliphatic carbocycles. The van der Waals surface area contributed by atoms with Gasteiger partial charge in [-0.15, -0.1) is 0 Å². The van der Waals surface area contributed by atoms with Gasteiger partial charge in [-0.2, -0.15) is 0 Å². The lowest BCUT2D eigenvalue weighted by atomic mass is 9.66. The summed E-state index contributed by atoms with van der Waals surface area (Å²) in [6, 6.07) is 8.96. The van der Waals surface area contributed by atoms with Gasteiger partial charge in [-0.25, -0.2) is 10.7 Å². The lowest BCUT2D eigenvalue weighted by molar-refractivity contribution is -0.0799. The van der Waals surface area contributed by atoms with Gasteiger partial charge in [0.2, 0.25) is 0 Å². The molecule has 1 saturated carbocycles. The molecule has 1 aromatic carbocycles. The van der Waals surface area contributed by atoms with Crippen molar-refractivity contribution in [1.82, 2.24) is 0 Å².